The van der Waals surface area contributed by atoms with Crippen molar-refractivity contribution in [1.82, 2.24) is 5.32 Å². The minimum Gasteiger partial charge on any atom is -0.370 e. The third-order valence-corrected chi connectivity index (χ3v) is 4.71. The Morgan fingerprint density at radius 1 is 1.23 bits per heavy atom. The number of guanidine groups is 1. The Kier molecular flexibility index (Phi) is 7.20. The number of nitrogens with one attached hydrogen (secondary N) is 2. The lowest BCUT2D eigenvalue weighted by Gasteiger charge is -2.31. The third-order valence-electron chi connectivity index (χ3n) is 4.40. The van der Waals surface area contributed by atoms with Crippen LogP contribution in [-0.2, 0) is 9.59 Å². The molecule has 2 unspecified atom stereocenters. The van der Waals surface area contributed by atoms with Crippen LogP contribution in [0.15, 0.2) is 23.2 Å². The fourth-order valence-electron chi connectivity index (χ4n) is 3.10. The predicted octanol–water partition coefficient (Wildman–Crippen LogP) is 1.76. The number of nitrogens with zero attached hydrogens (tertiary/aromatic N) is 1. The molecule has 1 saturated carbocycles. The summed E-state index contributed by atoms with van der Waals surface area (Å²) in [5.74, 6) is -2.02. The fourth-order valence-corrected chi connectivity index (χ4v) is 3.22. The Bertz CT molecular complexity index is 694. The maximum Gasteiger partial charge on any atom is 0.313 e. The summed E-state index contributed by atoms with van der Waals surface area (Å²) in [5.41, 5.74) is 10.8. The summed E-state index contributed by atoms with van der Waals surface area (Å²) < 4.78 is 13.4. The molecule has 6 N–H and O–H groups in total. The fraction of sp³-hybridized carbons (Fsp3) is 0.471. The summed E-state index contributed by atoms with van der Waals surface area (Å²) in [6.07, 6.45) is 4.51. The van der Waals surface area contributed by atoms with Crippen LogP contribution in [0.1, 0.15) is 32.1 Å². The summed E-state index contributed by atoms with van der Waals surface area (Å²) >= 11 is 5.59. The van der Waals surface area contributed by atoms with Crippen LogP contribution in [0, 0.1) is 11.7 Å². The quantitative estimate of drug-likeness (QED) is 0.351. The van der Waals surface area contributed by atoms with Crippen LogP contribution in [0.3, 0.4) is 0 Å². The molecule has 0 spiro atoms. The molecule has 0 saturated heterocycles. The van der Waals surface area contributed by atoms with E-state index in [1.807, 2.05) is 0 Å². The van der Waals surface area contributed by atoms with Crippen molar-refractivity contribution in [3.8, 4) is 0 Å². The number of benzene rings is 1. The molecule has 2 amide bonds. The van der Waals surface area contributed by atoms with Gasteiger partial charge in [0.1, 0.15) is 5.82 Å². The number of carbonyl (C=O) groups excluding carboxylic acids is 2. The minimum atomic E-state index is -0.847. The van der Waals surface area contributed by atoms with E-state index in [1.54, 1.807) is 0 Å². The highest BCUT2D eigenvalue weighted by molar-refractivity contribution is 6.39. The summed E-state index contributed by atoms with van der Waals surface area (Å²) in [6, 6.07) is 3.69. The van der Waals surface area contributed by atoms with Gasteiger partial charge in [-0.05, 0) is 43.4 Å². The highest BCUT2D eigenvalue weighted by Gasteiger charge is 2.28. The number of nitrogens with two attached hydrogens (primary N) is 2. The van der Waals surface area contributed by atoms with Gasteiger partial charge in [0.05, 0.1) is 5.02 Å². The van der Waals surface area contributed by atoms with Gasteiger partial charge in [0.25, 0.3) is 0 Å². The number of carbonyl (C=O) groups is 2. The number of anilines is 1. The molecule has 142 valence electrons. The average Bonchev–Trinajstić information content (AvgIpc) is 2.59. The van der Waals surface area contributed by atoms with Crippen LogP contribution in [0.4, 0.5) is 10.1 Å². The Hall–Kier alpha value is -2.35. The lowest BCUT2D eigenvalue weighted by Crippen LogP contribution is -2.46. The van der Waals surface area contributed by atoms with E-state index in [4.69, 9.17) is 23.1 Å². The minimum absolute atomic E-state index is 0.0379. The molecular formula is C17H23ClFN5O2. The molecule has 1 aliphatic rings. The van der Waals surface area contributed by atoms with Crippen LogP contribution in [0.2, 0.25) is 5.02 Å². The molecule has 0 heterocycles. The van der Waals surface area contributed by atoms with Gasteiger partial charge in [-0.15, -0.1) is 0 Å². The Labute approximate surface area is 156 Å². The van der Waals surface area contributed by atoms with Gasteiger partial charge in [-0.25, -0.2) is 4.39 Å². The van der Waals surface area contributed by atoms with E-state index < -0.39 is 17.6 Å². The van der Waals surface area contributed by atoms with Crippen molar-refractivity contribution in [3.05, 3.63) is 29.0 Å². The molecule has 0 bridgehead atoms. The van der Waals surface area contributed by atoms with E-state index in [0.29, 0.717) is 6.54 Å². The van der Waals surface area contributed by atoms with Gasteiger partial charge >= 0.3 is 11.8 Å². The second kappa shape index (κ2) is 9.38. The maximum atomic E-state index is 13.4. The van der Waals surface area contributed by atoms with E-state index >= 15 is 0 Å². The normalized spacial score (nSPS) is 19.5. The number of hydrogen-bond donors (Lipinski definition) is 4. The zero-order chi connectivity index (χ0) is 19.1. The van der Waals surface area contributed by atoms with Crippen molar-refractivity contribution < 1.29 is 14.0 Å². The van der Waals surface area contributed by atoms with E-state index in [0.717, 1.165) is 38.2 Å². The van der Waals surface area contributed by atoms with E-state index in [2.05, 4.69) is 15.6 Å². The molecule has 1 aromatic carbocycles. The number of rotatable bonds is 5. The number of amides is 2. The van der Waals surface area contributed by atoms with Crippen molar-refractivity contribution >= 4 is 35.1 Å². The summed E-state index contributed by atoms with van der Waals surface area (Å²) in [6.45, 7) is 0.482. The van der Waals surface area contributed by atoms with Gasteiger partial charge in [-0.3, -0.25) is 14.6 Å². The van der Waals surface area contributed by atoms with E-state index in [9.17, 15) is 14.0 Å². The molecule has 9 heteroatoms. The second-order valence-electron chi connectivity index (χ2n) is 6.30. The van der Waals surface area contributed by atoms with Gasteiger partial charge in [0, 0.05) is 18.3 Å². The van der Waals surface area contributed by atoms with Gasteiger partial charge in [-0.2, -0.15) is 0 Å². The Morgan fingerprint density at radius 2 is 1.96 bits per heavy atom. The lowest BCUT2D eigenvalue weighted by molar-refractivity contribution is -0.137. The highest BCUT2D eigenvalue weighted by Crippen LogP contribution is 2.27. The molecule has 0 radical (unpaired) electrons. The predicted molar refractivity (Wildman–Crippen MR) is 99.2 cm³/mol. The molecule has 26 heavy (non-hydrogen) atoms. The highest BCUT2D eigenvalue weighted by atomic mass is 35.5. The van der Waals surface area contributed by atoms with Crippen LogP contribution in [0.25, 0.3) is 0 Å². The van der Waals surface area contributed by atoms with Crippen molar-refractivity contribution in [1.29, 1.82) is 0 Å². The maximum absolute atomic E-state index is 13.4. The van der Waals surface area contributed by atoms with E-state index in [1.165, 1.54) is 12.1 Å². The summed E-state index contributed by atoms with van der Waals surface area (Å²) in [5, 5.41) is 5.08. The van der Waals surface area contributed by atoms with Crippen molar-refractivity contribution in [3.63, 3.8) is 0 Å². The van der Waals surface area contributed by atoms with E-state index in [-0.39, 0.29) is 28.6 Å². The van der Waals surface area contributed by atoms with Crippen molar-refractivity contribution in [2.75, 3.05) is 11.9 Å². The van der Waals surface area contributed by atoms with Crippen molar-refractivity contribution in [2.45, 2.75) is 38.1 Å². The standard InChI is InChI=1S/C17H23ClFN5O2/c18-12-6-5-11(9-13(12)19)23-15(25)16(26)24-14-4-2-1-3-10(14)7-8-22-17(20)21/h5-6,9-10,14H,1-4,7-8H2,(H,23,25)(H,24,26)(H4,20,21,22). The van der Waals surface area contributed by atoms with Gasteiger partial charge < -0.3 is 22.1 Å². The molecule has 0 aliphatic heterocycles. The van der Waals surface area contributed by atoms with Crippen molar-refractivity contribution in [2.24, 2.45) is 22.4 Å². The number of hydrogen-bond acceptors (Lipinski definition) is 3. The van der Waals surface area contributed by atoms with Crippen LogP contribution >= 0.6 is 11.6 Å². The molecule has 1 aromatic rings. The average molecular weight is 384 g/mol. The molecule has 1 aliphatic carbocycles. The number of aliphatic imine (C=N–C) groups is 1. The number of halogens is 2. The molecule has 2 rings (SSSR count). The zero-order valence-corrected chi connectivity index (χ0v) is 15.1. The Morgan fingerprint density at radius 3 is 2.65 bits per heavy atom. The molecule has 2 atom stereocenters. The largest absolute Gasteiger partial charge is 0.370 e. The first-order valence-electron chi connectivity index (χ1n) is 8.49. The Balaban J connectivity index is 1.91. The zero-order valence-electron chi connectivity index (χ0n) is 14.3. The molecule has 1 fully saturated rings. The van der Waals surface area contributed by atoms with Gasteiger partial charge in [-0.1, -0.05) is 24.4 Å². The van der Waals surface area contributed by atoms with Crippen LogP contribution in [-0.4, -0.2) is 30.4 Å². The van der Waals surface area contributed by atoms with Crippen LogP contribution in [0.5, 0.6) is 0 Å². The molecule has 0 aromatic heterocycles. The molecular weight excluding hydrogens is 361 g/mol. The monoisotopic (exact) mass is 383 g/mol. The SMILES string of the molecule is NC(N)=NCCC1CCCCC1NC(=O)C(=O)Nc1ccc(Cl)c(F)c1. The smallest absolute Gasteiger partial charge is 0.313 e. The first kappa shape index (κ1) is 20.0. The lowest BCUT2D eigenvalue weighted by atomic mass is 9.82. The first-order chi connectivity index (χ1) is 12.4. The summed E-state index contributed by atoms with van der Waals surface area (Å²) in [7, 11) is 0. The molecule has 7 nitrogen and oxygen atoms in total. The second-order valence-corrected chi connectivity index (χ2v) is 6.71. The summed E-state index contributed by atoms with van der Waals surface area (Å²) in [4.78, 5) is 28.2. The van der Waals surface area contributed by atoms with Gasteiger partial charge in [0.2, 0.25) is 0 Å². The third kappa shape index (κ3) is 5.87. The van der Waals surface area contributed by atoms with Crippen LogP contribution < -0.4 is 22.1 Å². The first-order valence-corrected chi connectivity index (χ1v) is 8.87. The topological polar surface area (TPSA) is 123 Å². The van der Waals surface area contributed by atoms with Gasteiger partial charge in [0.15, 0.2) is 5.96 Å².